The number of anilines is 1. The number of carbonyl (C=O) groups is 1. The van der Waals surface area contributed by atoms with Crippen molar-refractivity contribution in [1.29, 1.82) is 0 Å². The van der Waals surface area contributed by atoms with Crippen LogP contribution in [-0.2, 0) is 0 Å². The second kappa shape index (κ2) is 2.55. The number of nitrogen functional groups attached to an aromatic ring is 1. The lowest BCUT2D eigenvalue weighted by Crippen LogP contribution is -1.88. The Bertz CT molecular complexity index is 477. The molecule has 0 fully saturated rings. The van der Waals surface area contributed by atoms with Gasteiger partial charge in [0.1, 0.15) is 11.5 Å². The van der Waals surface area contributed by atoms with Crippen molar-refractivity contribution in [2.24, 2.45) is 0 Å². The number of hydrogen-bond acceptors (Lipinski definition) is 3. The van der Waals surface area contributed by atoms with E-state index in [1.807, 2.05) is 0 Å². The van der Waals surface area contributed by atoms with Gasteiger partial charge in [-0.1, -0.05) is 0 Å². The number of aldehydes is 1. The Balaban J connectivity index is 2.89. The molecule has 0 saturated heterocycles. The van der Waals surface area contributed by atoms with Crippen molar-refractivity contribution in [3.8, 4) is 0 Å². The van der Waals surface area contributed by atoms with E-state index in [1.165, 1.54) is 6.07 Å². The molecule has 0 aliphatic carbocycles. The first-order chi connectivity index (χ1) is 6.22. The van der Waals surface area contributed by atoms with Crippen LogP contribution in [0, 0.1) is 5.82 Å². The minimum atomic E-state index is -0.536. The summed E-state index contributed by atoms with van der Waals surface area (Å²) in [6.45, 7) is 0. The van der Waals surface area contributed by atoms with E-state index in [-0.39, 0.29) is 11.1 Å². The van der Waals surface area contributed by atoms with Crippen molar-refractivity contribution in [1.82, 2.24) is 10.2 Å². The summed E-state index contributed by atoms with van der Waals surface area (Å²) >= 11 is 0. The number of nitrogens with two attached hydrogens (primary N) is 1. The Labute approximate surface area is 72.5 Å². The molecule has 2 aromatic rings. The van der Waals surface area contributed by atoms with Crippen molar-refractivity contribution in [2.75, 3.05) is 5.73 Å². The molecule has 1 heterocycles. The predicted molar refractivity (Wildman–Crippen MR) is 45.9 cm³/mol. The number of nitrogens with one attached hydrogen (secondary N) is 1. The van der Waals surface area contributed by atoms with E-state index in [9.17, 15) is 9.18 Å². The highest BCUT2D eigenvalue weighted by Gasteiger charge is 2.10. The standard InChI is InChI=1S/C8H6FN3O/c9-5-1-4(10)2-6-8(5)7(3-13)12-11-6/h1-3H,10H2,(H,11,12). The first-order valence-corrected chi connectivity index (χ1v) is 3.60. The molecule has 0 aliphatic rings. The van der Waals surface area contributed by atoms with Crippen LogP contribution in [0.3, 0.4) is 0 Å². The number of fused-ring (bicyclic) bond motifs is 1. The summed E-state index contributed by atoms with van der Waals surface area (Å²) in [5, 5.41) is 6.33. The number of rotatable bonds is 1. The molecule has 2 rings (SSSR count). The van der Waals surface area contributed by atoms with Crippen LogP contribution in [0.4, 0.5) is 10.1 Å². The molecule has 4 nitrogen and oxygen atoms in total. The number of hydrogen-bond donors (Lipinski definition) is 2. The van der Waals surface area contributed by atoms with Crippen molar-refractivity contribution in [3.63, 3.8) is 0 Å². The fourth-order valence-corrected chi connectivity index (χ4v) is 1.24. The van der Waals surface area contributed by atoms with Crippen LogP contribution >= 0.6 is 0 Å². The molecule has 3 N–H and O–H groups in total. The molecule has 0 aliphatic heterocycles. The molecular weight excluding hydrogens is 173 g/mol. The van der Waals surface area contributed by atoms with Crippen molar-refractivity contribution in [3.05, 3.63) is 23.6 Å². The predicted octanol–water partition coefficient (Wildman–Crippen LogP) is 1.10. The fraction of sp³-hybridized carbons (Fsp3) is 0. The van der Waals surface area contributed by atoms with E-state index in [4.69, 9.17) is 5.73 Å². The Kier molecular flexibility index (Phi) is 1.51. The quantitative estimate of drug-likeness (QED) is 0.508. The van der Waals surface area contributed by atoms with Crippen LogP contribution in [0.1, 0.15) is 10.5 Å². The molecule has 66 valence electrons. The van der Waals surface area contributed by atoms with Crippen LogP contribution in [-0.4, -0.2) is 16.5 Å². The molecule has 0 amide bonds. The maximum absolute atomic E-state index is 13.2. The SMILES string of the molecule is Nc1cc(F)c2c(C=O)n[nH]c2c1. The van der Waals surface area contributed by atoms with Gasteiger partial charge in [0.15, 0.2) is 6.29 Å². The first-order valence-electron chi connectivity index (χ1n) is 3.60. The van der Waals surface area contributed by atoms with Crippen molar-refractivity contribution < 1.29 is 9.18 Å². The molecule has 1 aromatic carbocycles. The lowest BCUT2D eigenvalue weighted by Gasteiger charge is -1.94. The highest BCUT2D eigenvalue weighted by Crippen LogP contribution is 2.21. The van der Waals surface area contributed by atoms with Crippen LogP contribution in [0.15, 0.2) is 12.1 Å². The number of carbonyl (C=O) groups excluding carboxylic acids is 1. The first kappa shape index (κ1) is 7.72. The van der Waals surface area contributed by atoms with Crippen molar-refractivity contribution >= 4 is 22.9 Å². The molecule has 0 radical (unpaired) electrons. The monoisotopic (exact) mass is 179 g/mol. The van der Waals surface area contributed by atoms with Crippen molar-refractivity contribution in [2.45, 2.75) is 0 Å². The molecule has 0 spiro atoms. The zero-order valence-electron chi connectivity index (χ0n) is 6.54. The number of aromatic amines is 1. The maximum Gasteiger partial charge on any atom is 0.171 e. The van der Waals surface area contributed by atoms with Gasteiger partial charge in [0.05, 0.1) is 10.9 Å². The van der Waals surface area contributed by atoms with E-state index in [1.54, 1.807) is 0 Å². The number of aromatic nitrogens is 2. The molecule has 0 bridgehead atoms. The van der Waals surface area contributed by atoms with Crippen LogP contribution < -0.4 is 5.73 Å². The van der Waals surface area contributed by atoms with Gasteiger partial charge in [-0.15, -0.1) is 0 Å². The van der Waals surface area contributed by atoms with E-state index in [0.717, 1.165) is 6.07 Å². The number of nitrogens with zero attached hydrogens (tertiary/aromatic N) is 1. The van der Waals surface area contributed by atoms with Gasteiger partial charge in [-0.3, -0.25) is 9.89 Å². The van der Waals surface area contributed by atoms with E-state index >= 15 is 0 Å². The summed E-state index contributed by atoms with van der Waals surface area (Å²) < 4.78 is 13.2. The summed E-state index contributed by atoms with van der Waals surface area (Å²) in [7, 11) is 0. The average Bonchev–Trinajstić information content (AvgIpc) is 2.47. The molecule has 13 heavy (non-hydrogen) atoms. The van der Waals surface area contributed by atoms with E-state index < -0.39 is 5.82 Å². The summed E-state index contributed by atoms with van der Waals surface area (Å²) in [6.07, 6.45) is 0.498. The lowest BCUT2D eigenvalue weighted by molar-refractivity contribution is 0.112. The van der Waals surface area contributed by atoms with Gasteiger partial charge in [0, 0.05) is 5.69 Å². The Morgan fingerprint density at radius 2 is 2.31 bits per heavy atom. The van der Waals surface area contributed by atoms with Crippen LogP contribution in [0.5, 0.6) is 0 Å². The number of H-pyrrole nitrogens is 1. The molecular formula is C8H6FN3O. The Hall–Kier alpha value is -1.91. The normalized spacial score (nSPS) is 10.5. The second-order valence-electron chi connectivity index (χ2n) is 2.65. The second-order valence-corrected chi connectivity index (χ2v) is 2.65. The van der Waals surface area contributed by atoms with E-state index in [0.29, 0.717) is 17.5 Å². The minimum Gasteiger partial charge on any atom is -0.399 e. The number of benzene rings is 1. The zero-order valence-corrected chi connectivity index (χ0v) is 6.54. The number of halogens is 1. The largest absolute Gasteiger partial charge is 0.399 e. The fourth-order valence-electron chi connectivity index (χ4n) is 1.24. The smallest absolute Gasteiger partial charge is 0.171 e. The maximum atomic E-state index is 13.2. The third kappa shape index (κ3) is 1.05. The van der Waals surface area contributed by atoms with Gasteiger partial charge in [-0.2, -0.15) is 5.10 Å². The third-order valence-electron chi connectivity index (χ3n) is 1.78. The van der Waals surface area contributed by atoms with Gasteiger partial charge < -0.3 is 5.73 Å². The molecule has 0 saturated carbocycles. The summed E-state index contributed by atoms with van der Waals surface area (Å²) in [5.41, 5.74) is 6.19. The van der Waals surface area contributed by atoms with Gasteiger partial charge in [-0.05, 0) is 12.1 Å². The van der Waals surface area contributed by atoms with Crippen LogP contribution in [0.2, 0.25) is 0 Å². The summed E-state index contributed by atoms with van der Waals surface area (Å²) in [6, 6.07) is 2.68. The topological polar surface area (TPSA) is 71.8 Å². The highest BCUT2D eigenvalue weighted by atomic mass is 19.1. The van der Waals surface area contributed by atoms with Gasteiger partial charge in [0.25, 0.3) is 0 Å². The lowest BCUT2D eigenvalue weighted by atomic mass is 10.2. The highest BCUT2D eigenvalue weighted by molar-refractivity contribution is 5.96. The molecule has 1 aromatic heterocycles. The van der Waals surface area contributed by atoms with E-state index in [2.05, 4.69) is 10.2 Å². The van der Waals surface area contributed by atoms with Crippen LogP contribution in [0.25, 0.3) is 10.9 Å². The zero-order chi connectivity index (χ0) is 9.42. The Morgan fingerprint density at radius 3 is 3.00 bits per heavy atom. The summed E-state index contributed by atoms with van der Waals surface area (Å²) in [4.78, 5) is 10.4. The van der Waals surface area contributed by atoms with Gasteiger partial charge in [0.2, 0.25) is 0 Å². The molecule has 0 atom stereocenters. The molecule has 0 unspecified atom stereocenters. The average molecular weight is 179 g/mol. The minimum absolute atomic E-state index is 0.0625. The summed E-state index contributed by atoms with van der Waals surface area (Å²) in [5.74, 6) is -0.536. The Morgan fingerprint density at radius 1 is 1.54 bits per heavy atom. The third-order valence-corrected chi connectivity index (χ3v) is 1.78. The molecule has 5 heteroatoms. The van der Waals surface area contributed by atoms with Gasteiger partial charge in [-0.25, -0.2) is 4.39 Å². The van der Waals surface area contributed by atoms with Gasteiger partial charge >= 0.3 is 0 Å².